The quantitative estimate of drug-likeness (QED) is 0.811. The van der Waals surface area contributed by atoms with Gasteiger partial charge >= 0.3 is 0 Å². The summed E-state index contributed by atoms with van der Waals surface area (Å²) in [6.07, 6.45) is 5.69. The number of carbonyl (C=O) groups excluding carboxylic acids is 2. The van der Waals surface area contributed by atoms with Crippen LogP contribution in [0.15, 0.2) is 24.3 Å². The Balaban J connectivity index is 1.59. The molecule has 1 aromatic heterocycles. The van der Waals surface area contributed by atoms with E-state index < -0.39 is 0 Å². The second-order valence-corrected chi connectivity index (χ2v) is 7.69. The molecule has 0 unspecified atom stereocenters. The molecule has 2 aliphatic rings. The van der Waals surface area contributed by atoms with Gasteiger partial charge in [0, 0.05) is 26.2 Å². The zero-order valence-electron chi connectivity index (χ0n) is 16.5. The Labute approximate surface area is 165 Å². The Morgan fingerprint density at radius 1 is 1.11 bits per heavy atom. The number of nitrogens with one attached hydrogen (secondary N) is 1. The number of unbranched alkanes of at least 4 members (excludes halogenated alkanes) is 1. The molecule has 28 heavy (non-hydrogen) atoms. The SMILES string of the molecule is CCCCNC(=O)c1nc(C(=O)N2CCc3ccccc3C2)n2c1CCCC2. The van der Waals surface area contributed by atoms with Crippen molar-refractivity contribution in [3.63, 3.8) is 0 Å². The molecule has 0 bridgehead atoms. The smallest absolute Gasteiger partial charge is 0.290 e. The monoisotopic (exact) mass is 380 g/mol. The summed E-state index contributed by atoms with van der Waals surface area (Å²) in [7, 11) is 0. The van der Waals surface area contributed by atoms with Crippen molar-refractivity contribution < 1.29 is 9.59 Å². The predicted molar refractivity (Wildman–Crippen MR) is 107 cm³/mol. The largest absolute Gasteiger partial charge is 0.351 e. The van der Waals surface area contributed by atoms with Crippen molar-refractivity contribution in [2.75, 3.05) is 13.1 Å². The van der Waals surface area contributed by atoms with Crippen molar-refractivity contribution in [1.29, 1.82) is 0 Å². The summed E-state index contributed by atoms with van der Waals surface area (Å²) >= 11 is 0. The summed E-state index contributed by atoms with van der Waals surface area (Å²) in [6, 6.07) is 8.28. The van der Waals surface area contributed by atoms with E-state index >= 15 is 0 Å². The van der Waals surface area contributed by atoms with E-state index in [2.05, 4.69) is 29.4 Å². The number of hydrogen-bond acceptors (Lipinski definition) is 3. The number of hydrogen-bond donors (Lipinski definition) is 1. The van der Waals surface area contributed by atoms with Gasteiger partial charge in [0.15, 0.2) is 5.82 Å². The first kappa shape index (κ1) is 18.7. The van der Waals surface area contributed by atoms with Gasteiger partial charge in [-0.25, -0.2) is 4.98 Å². The van der Waals surface area contributed by atoms with Gasteiger partial charge in [-0.05, 0) is 43.2 Å². The Hall–Kier alpha value is -2.63. The van der Waals surface area contributed by atoms with Crippen molar-refractivity contribution in [2.24, 2.45) is 0 Å². The number of aromatic nitrogens is 2. The van der Waals surface area contributed by atoms with Crippen LogP contribution in [0.4, 0.5) is 0 Å². The van der Waals surface area contributed by atoms with Gasteiger partial charge in [-0.1, -0.05) is 37.6 Å². The van der Waals surface area contributed by atoms with Crippen LogP contribution in [0.5, 0.6) is 0 Å². The number of fused-ring (bicyclic) bond motifs is 2. The highest BCUT2D eigenvalue weighted by molar-refractivity contribution is 5.97. The lowest BCUT2D eigenvalue weighted by Crippen LogP contribution is -2.37. The third-order valence-corrected chi connectivity index (χ3v) is 5.76. The van der Waals surface area contributed by atoms with E-state index in [-0.39, 0.29) is 11.8 Å². The maximum absolute atomic E-state index is 13.3. The fraction of sp³-hybridized carbons (Fsp3) is 0.500. The average molecular weight is 380 g/mol. The number of rotatable bonds is 5. The van der Waals surface area contributed by atoms with E-state index in [1.54, 1.807) is 0 Å². The van der Waals surface area contributed by atoms with Gasteiger partial charge < -0.3 is 14.8 Å². The zero-order valence-corrected chi connectivity index (χ0v) is 16.5. The second-order valence-electron chi connectivity index (χ2n) is 7.69. The molecule has 0 radical (unpaired) electrons. The summed E-state index contributed by atoms with van der Waals surface area (Å²) in [4.78, 5) is 32.4. The zero-order chi connectivity index (χ0) is 19.5. The van der Waals surface area contributed by atoms with Crippen LogP contribution in [0, 0.1) is 0 Å². The molecule has 6 heteroatoms. The molecule has 0 saturated heterocycles. The van der Waals surface area contributed by atoms with Crippen molar-refractivity contribution in [3.05, 3.63) is 52.6 Å². The molecule has 0 atom stereocenters. The lowest BCUT2D eigenvalue weighted by molar-refractivity contribution is 0.0716. The molecule has 0 fully saturated rings. The highest BCUT2D eigenvalue weighted by Gasteiger charge is 2.31. The Morgan fingerprint density at radius 2 is 1.93 bits per heavy atom. The first-order valence-electron chi connectivity index (χ1n) is 10.4. The van der Waals surface area contributed by atoms with Crippen LogP contribution in [0.3, 0.4) is 0 Å². The molecule has 0 saturated carbocycles. The van der Waals surface area contributed by atoms with Gasteiger partial charge in [0.05, 0.1) is 5.69 Å². The highest BCUT2D eigenvalue weighted by Crippen LogP contribution is 2.24. The average Bonchev–Trinajstić information content (AvgIpc) is 3.13. The van der Waals surface area contributed by atoms with Gasteiger partial charge in [0.25, 0.3) is 11.8 Å². The molecule has 3 heterocycles. The predicted octanol–water partition coefficient (Wildman–Crippen LogP) is 2.95. The maximum atomic E-state index is 13.3. The van der Waals surface area contributed by atoms with Crippen LogP contribution >= 0.6 is 0 Å². The van der Waals surface area contributed by atoms with Crippen LogP contribution in [0.2, 0.25) is 0 Å². The second kappa shape index (κ2) is 8.17. The van der Waals surface area contributed by atoms with Crippen LogP contribution in [-0.2, 0) is 25.9 Å². The Kier molecular flexibility index (Phi) is 5.46. The molecule has 2 aromatic rings. The van der Waals surface area contributed by atoms with Crippen LogP contribution in [0.1, 0.15) is 70.5 Å². The van der Waals surface area contributed by atoms with Gasteiger partial charge in [0.2, 0.25) is 0 Å². The number of amides is 2. The standard InChI is InChI=1S/C22H28N4O2/c1-2-3-12-23-21(27)19-18-10-6-7-13-26(18)20(24-19)22(28)25-14-11-16-8-4-5-9-17(16)15-25/h4-5,8-9H,2-3,6-7,10-15H2,1H3,(H,23,27). The minimum atomic E-state index is -0.151. The molecule has 1 N–H and O–H groups in total. The highest BCUT2D eigenvalue weighted by atomic mass is 16.2. The molecule has 0 aliphatic carbocycles. The fourth-order valence-corrected chi connectivity index (χ4v) is 4.16. The van der Waals surface area contributed by atoms with Crippen molar-refractivity contribution in [2.45, 2.75) is 58.5 Å². The van der Waals surface area contributed by atoms with Gasteiger partial charge in [-0.2, -0.15) is 0 Å². The Bertz CT molecular complexity index is 887. The fourth-order valence-electron chi connectivity index (χ4n) is 4.16. The third-order valence-electron chi connectivity index (χ3n) is 5.76. The molecule has 4 rings (SSSR count). The number of carbonyl (C=O) groups is 2. The molecule has 6 nitrogen and oxygen atoms in total. The topological polar surface area (TPSA) is 67.2 Å². The third kappa shape index (κ3) is 3.55. The lowest BCUT2D eigenvalue weighted by Gasteiger charge is -2.29. The Morgan fingerprint density at radius 3 is 2.75 bits per heavy atom. The molecular formula is C22H28N4O2. The van der Waals surface area contributed by atoms with Gasteiger partial charge in [0.1, 0.15) is 5.69 Å². The molecular weight excluding hydrogens is 352 g/mol. The number of nitrogens with zero attached hydrogens (tertiary/aromatic N) is 3. The summed E-state index contributed by atoms with van der Waals surface area (Å²) in [5.41, 5.74) is 3.87. The summed E-state index contributed by atoms with van der Waals surface area (Å²) < 4.78 is 1.99. The molecule has 148 valence electrons. The summed E-state index contributed by atoms with van der Waals surface area (Å²) in [5, 5.41) is 2.96. The van der Waals surface area contributed by atoms with Crippen LogP contribution < -0.4 is 5.32 Å². The summed E-state index contributed by atoms with van der Waals surface area (Å²) in [5.74, 6) is 0.210. The number of imidazole rings is 1. The minimum Gasteiger partial charge on any atom is -0.351 e. The van der Waals surface area contributed by atoms with E-state index in [4.69, 9.17) is 0 Å². The molecule has 2 amide bonds. The number of benzene rings is 1. The lowest BCUT2D eigenvalue weighted by atomic mass is 10.00. The van der Waals surface area contributed by atoms with Gasteiger partial charge in [-0.3, -0.25) is 9.59 Å². The van der Waals surface area contributed by atoms with E-state index in [9.17, 15) is 9.59 Å². The van der Waals surface area contributed by atoms with Crippen LogP contribution in [0.25, 0.3) is 0 Å². The minimum absolute atomic E-state index is 0.0646. The first-order valence-corrected chi connectivity index (χ1v) is 10.4. The van der Waals surface area contributed by atoms with Crippen LogP contribution in [-0.4, -0.2) is 39.4 Å². The first-order chi connectivity index (χ1) is 13.7. The molecule has 2 aliphatic heterocycles. The summed E-state index contributed by atoms with van der Waals surface area (Å²) in [6.45, 7) is 4.80. The molecule has 0 spiro atoms. The molecule has 1 aromatic carbocycles. The van der Waals surface area contributed by atoms with Gasteiger partial charge in [-0.15, -0.1) is 0 Å². The normalized spacial score (nSPS) is 15.7. The van der Waals surface area contributed by atoms with Crippen molar-refractivity contribution >= 4 is 11.8 Å². The van der Waals surface area contributed by atoms with E-state index in [0.717, 1.165) is 50.8 Å². The van der Waals surface area contributed by atoms with E-state index in [0.29, 0.717) is 31.2 Å². The van der Waals surface area contributed by atoms with E-state index in [1.165, 1.54) is 11.1 Å². The van der Waals surface area contributed by atoms with Crippen molar-refractivity contribution in [1.82, 2.24) is 19.8 Å². The van der Waals surface area contributed by atoms with E-state index in [1.807, 2.05) is 21.6 Å². The van der Waals surface area contributed by atoms with Crippen molar-refractivity contribution in [3.8, 4) is 0 Å². The maximum Gasteiger partial charge on any atom is 0.290 e.